The van der Waals surface area contributed by atoms with Gasteiger partial charge < -0.3 is 9.73 Å². The highest BCUT2D eigenvalue weighted by Gasteiger charge is 2.15. The molecule has 0 unspecified atom stereocenters. The third-order valence-corrected chi connectivity index (χ3v) is 3.17. The van der Waals surface area contributed by atoms with Crippen LogP contribution < -0.4 is 5.32 Å². The molecule has 2 aromatic rings. The van der Waals surface area contributed by atoms with E-state index in [4.69, 9.17) is 39.2 Å². The fourth-order valence-corrected chi connectivity index (χ4v) is 2.68. The molecule has 0 fully saturated rings. The van der Waals surface area contributed by atoms with Crippen molar-refractivity contribution in [3.63, 3.8) is 0 Å². The zero-order chi connectivity index (χ0) is 12.4. The lowest BCUT2D eigenvalue weighted by atomic mass is 10.1. The highest BCUT2D eigenvalue weighted by Crippen LogP contribution is 2.39. The molecule has 0 atom stereocenters. The van der Waals surface area contributed by atoms with Crippen molar-refractivity contribution in [3.05, 3.63) is 45.3 Å². The van der Waals surface area contributed by atoms with E-state index in [1.54, 1.807) is 18.4 Å². The van der Waals surface area contributed by atoms with Gasteiger partial charge >= 0.3 is 0 Å². The van der Waals surface area contributed by atoms with Crippen LogP contribution in [0.5, 0.6) is 0 Å². The van der Waals surface area contributed by atoms with Crippen LogP contribution in [0.1, 0.15) is 5.76 Å². The summed E-state index contributed by atoms with van der Waals surface area (Å²) in [5.41, 5.74) is 1.63. The molecule has 0 aliphatic heterocycles. The van der Waals surface area contributed by atoms with Gasteiger partial charge in [0.15, 0.2) is 0 Å². The van der Waals surface area contributed by atoms with Crippen molar-refractivity contribution < 1.29 is 4.42 Å². The Balaban J connectivity index is 2.56. The zero-order valence-electron chi connectivity index (χ0n) is 9.06. The molecule has 2 nitrogen and oxygen atoms in total. The minimum absolute atomic E-state index is 0.515. The van der Waals surface area contributed by atoms with Gasteiger partial charge in [-0.3, -0.25) is 0 Å². The first-order chi connectivity index (χ1) is 8.13. The summed E-state index contributed by atoms with van der Waals surface area (Å²) in [5.74, 6) is 0.790. The maximum Gasteiger partial charge on any atom is 0.125 e. The molecule has 17 heavy (non-hydrogen) atoms. The van der Waals surface area contributed by atoms with Crippen molar-refractivity contribution >= 4 is 34.8 Å². The Labute approximate surface area is 114 Å². The molecular formula is C12H10Cl3NO. The monoisotopic (exact) mass is 289 g/mol. The number of benzene rings is 1. The van der Waals surface area contributed by atoms with Gasteiger partial charge in [0, 0.05) is 16.1 Å². The molecule has 1 aromatic carbocycles. The molecule has 1 heterocycles. The van der Waals surface area contributed by atoms with Gasteiger partial charge in [-0.1, -0.05) is 34.8 Å². The van der Waals surface area contributed by atoms with Crippen molar-refractivity contribution in [1.82, 2.24) is 5.32 Å². The van der Waals surface area contributed by atoms with E-state index in [0.717, 1.165) is 16.9 Å². The largest absolute Gasteiger partial charge is 0.467 e. The lowest BCUT2D eigenvalue weighted by Gasteiger charge is -2.08. The molecule has 0 radical (unpaired) electrons. The molecule has 0 aliphatic rings. The van der Waals surface area contributed by atoms with Crippen molar-refractivity contribution in [2.45, 2.75) is 6.54 Å². The van der Waals surface area contributed by atoms with E-state index in [9.17, 15) is 0 Å². The standard InChI is InChI=1S/C12H10Cl3NO/c1-16-6-11-8(2-3-17-11)12-9(14)4-7(13)5-10(12)15/h2-5,16H,6H2,1H3. The number of rotatable bonds is 3. The number of hydrogen-bond donors (Lipinski definition) is 1. The molecule has 0 aliphatic carbocycles. The second kappa shape index (κ2) is 5.32. The second-order valence-corrected chi connectivity index (χ2v) is 4.78. The van der Waals surface area contributed by atoms with Crippen molar-refractivity contribution in [1.29, 1.82) is 0 Å². The highest BCUT2D eigenvalue weighted by atomic mass is 35.5. The Kier molecular flexibility index (Phi) is 4.00. The SMILES string of the molecule is CNCc1occc1-c1c(Cl)cc(Cl)cc1Cl. The maximum atomic E-state index is 6.17. The van der Waals surface area contributed by atoms with Crippen LogP contribution >= 0.6 is 34.8 Å². The van der Waals surface area contributed by atoms with E-state index in [2.05, 4.69) is 5.32 Å². The molecule has 2 rings (SSSR count). The summed E-state index contributed by atoms with van der Waals surface area (Å²) < 4.78 is 5.39. The summed E-state index contributed by atoms with van der Waals surface area (Å²) in [7, 11) is 1.84. The second-order valence-electron chi connectivity index (χ2n) is 3.53. The van der Waals surface area contributed by atoms with E-state index in [1.165, 1.54) is 0 Å². The van der Waals surface area contributed by atoms with Crippen LogP contribution in [0.4, 0.5) is 0 Å². The smallest absolute Gasteiger partial charge is 0.125 e. The molecule has 0 saturated carbocycles. The number of hydrogen-bond acceptors (Lipinski definition) is 2. The predicted molar refractivity (Wildman–Crippen MR) is 71.9 cm³/mol. The first kappa shape index (κ1) is 12.8. The van der Waals surface area contributed by atoms with Gasteiger partial charge in [0.05, 0.1) is 22.9 Å². The molecule has 1 aromatic heterocycles. The van der Waals surface area contributed by atoms with Gasteiger partial charge in [-0.2, -0.15) is 0 Å². The average molecular weight is 291 g/mol. The average Bonchev–Trinajstić information content (AvgIpc) is 2.65. The first-order valence-electron chi connectivity index (χ1n) is 4.99. The quantitative estimate of drug-likeness (QED) is 0.892. The van der Waals surface area contributed by atoms with Crippen LogP contribution in [-0.2, 0) is 6.54 Å². The summed E-state index contributed by atoms with van der Waals surface area (Å²) in [6.07, 6.45) is 1.61. The topological polar surface area (TPSA) is 25.2 Å². The maximum absolute atomic E-state index is 6.17. The van der Waals surface area contributed by atoms with Crippen molar-refractivity contribution in [2.24, 2.45) is 0 Å². The van der Waals surface area contributed by atoms with Crippen LogP contribution in [0.15, 0.2) is 28.9 Å². The Morgan fingerprint density at radius 2 is 1.82 bits per heavy atom. The van der Waals surface area contributed by atoms with Crippen LogP contribution in [0.3, 0.4) is 0 Å². The number of nitrogens with one attached hydrogen (secondary N) is 1. The minimum Gasteiger partial charge on any atom is -0.467 e. The van der Waals surface area contributed by atoms with Gasteiger partial charge in [0.25, 0.3) is 0 Å². The Morgan fingerprint density at radius 1 is 1.18 bits per heavy atom. The molecule has 0 amide bonds. The normalized spacial score (nSPS) is 10.8. The predicted octanol–water partition coefficient (Wildman–Crippen LogP) is 4.63. The summed E-state index contributed by atoms with van der Waals surface area (Å²) in [4.78, 5) is 0. The third-order valence-electron chi connectivity index (χ3n) is 2.36. The number of halogens is 3. The highest BCUT2D eigenvalue weighted by molar-refractivity contribution is 6.41. The first-order valence-corrected chi connectivity index (χ1v) is 6.12. The Hall–Kier alpha value is -0.670. The minimum atomic E-state index is 0.515. The zero-order valence-corrected chi connectivity index (χ0v) is 11.3. The summed E-state index contributed by atoms with van der Waals surface area (Å²) >= 11 is 18.2. The number of furan rings is 1. The molecule has 90 valence electrons. The van der Waals surface area contributed by atoms with Crippen LogP contribution in [-0.4, -0.2) is 7.05 Å². The van der Waals surface area contributed by atoms with Gasteiger partial charge in [-0.15, -0.1) is 0 Å². The van der Waals surface area contributed by atoms with Gasteiger partial charge in [0.2, 0.25) is 0 Å². The van der Waals surface area contributed by atoms with Gasteiger partial charge in [0.1, 0.15) is 5.76 Å². The fraction of sp³-hybridized carbons (Fsp3) is 0.167. The summed E-state index contributed by atoms with van der Waals surface area (Å²) in [6, 6.07) is 5.18. The van der Waals surface area contributed by atoms with E-state index < -0.39 is 0 Å². The third kappa shape index (κ3) is 2.61. The molecule has 0 saturated heterocycles. The van der Waals surface area contributed by atoms with Crippen molar-refractivity contribution in [3.8, 4) is 11.1 Å². The van der Waals surface area contributed by atoms with Crippen LogP contribution in [0.2, 0.25) is 15.1 Å². The Bertz CT molecular complexity index is 513. The van der Waals surface area contributed by atoms with Crippen molar-refractivity contribution in [2.75, 3.05) is 7.05 Å². The fourth-order valence-electron chi connectivity index (χ4n) is 1.66. The van der Waals surface area contributed by atoms with Crippen LogP contribution in [0.25, 0.3) is 11.1 Å². The van der Waals surface area contributed by atoms with E-state index in [0.29, 0.717) is 21.6 Å². The summed E-state index contributed by atoms with van der Waals surface area (Å²) in [6.45, 7) is 0.609. The lowest BCUT2D eigenvalue weighted by molar-refractivity contribution is 0.497. The van der Waals surface area contributed by atoms with E-state index in [-0.39, 0.29) is 0 Å². The van der Waals surface area contributed by atoms with E-state index in [1.807, 2.05) is 13.1 Å². The summed E-state index contributed by atoms with van der Waals surface area (Å²) in [5, 5.41) is 4.57. The van der Waals surface area contributed by atoms with Gasteiger partial charge in [-0.25, -0.2) is 0 Å². The van der Waals surface area contributed by atoms with Gasteiger partial charge in [-0.05, 0) is 25.2 Å². The molecule has 5 heteroatoms. The molecule has 0 spiro atoms. The van der Waals surface area contributed by atoms with Crippen LogP contribution in [0, 0.1) is 0 Å². The molecule has 0 bridgehead atoms. The lowest BCUT2D eigenvalue weighted by Crippen LogP contribution is -2.05. The van der Waals surface area contributed by atoms with E-state index >= 15 is 0 Å². The molecule has 1 N–H and O–H groups in total. The Morgan fingerprint density at radius 3 is 2.41 bits per heavy atom. The molecular weight excluding hydrogens is 280 g/mol.